The van der Waals surface area contributed by atoms with E-state index in [0.717, 1.165) is 17.1 Å². The smallest absolute Gasteiger partial charge is 0.231 e. The zero-order valence-corrected chi connectivity index (χ0v) is 11.4. The van der Waals surface area contributed by atoms with Crippen LogP contribution in [0.4, 0.5) is 0 Å². The van der Waals surface area contributed by atoms with Crippen LogP contribution in [-0.2, 0) is 11.2 Å². The number of piperidine rings is 1. The lowest BCUT2D eigenvalue weighted by Crippen LogP contribution is -2.40. The molecule has 2 heterocycles. The van der Waals surface area contributed by atoms with Gasteiger partial charge in [-0.15, -0.1) is 0 Å². The second-order valence-electron chi connectivity index (χ2n) is 5.30. The highest BCUT2D eigenvalue weighted by molar-refractivity contribution is 5.76. The maximum absolute atomic E-state index is 12.1. The predicted octanol–water partition coefficient (Wildman–Crippen LogP) is 1.33. The highest BCUT2D eigenvalue weighted by Crippen LogP contribution is 2.32. The van der Waals surface area contributed by atoms with Crippen LogP contribution in [0.3, 0.4) is 0 Å². The standard InChI is InChI=1S/C15H19NO4/c17-12-5-7-16(8-6-12)15(18)4-2-11-1-3-13-14(9-11)20-10-19-13/h1,3,9,12,17H,2,4-8,10H2. The lowest BCUT2D eigenvalue weighted by Gasteiger charge is -2.29. The van der Waals surface area contributed by atoms with Gasteiger partial charge >= 0.3 is 0 Å². The van der Waals surface area contributed by atoms with Gasteiger partial charge in [0.2, 0.25) is 12.7 Å². The van der Waals surface area contributed by atoms with Gasteiger partial charge < -0.3 is 19.5 Å². The Bertz CT molecular complexity index is 495. The van der Waals surface area contributed by atoms with E-state index in [2.05, 4.69) is 0 Å². The molecule has 0 spiro atoms. The van der Waals surface area contributed by atoms with E-state index < -0.39 is 0 Å². The van der Waals surface area contributed by atoms with Crippen molar-refractivity contribution in [2.24, 2.45) is 0 Å². The number of rotatable bonds is 3. The van der Waals surface area contributed by atoms with Gasteiger partial charge in [0.25, 0.3) is 0 Å². The summed E-state index contributed by atoms with van der Waals surface area (Å²) >= 11 is 0. The Morgan fingerprint density at radius 1 is 1.25 bits per heavy atom. The number of ether oxygens (including phenoxy) is 2. The van der Waals surface area contributed by atoms with E-state index >= 15 is 0 Å². The number of carbonyl (C=O) groups excluding carboxylic acids is 1. The van der Waals surface area contributed by atoms with Crippen LogP contribution in [0.1, 0.15) is 24.8 Å². The summed E-state index contributed by atoms with van der Waals surface area (Å²) in [6.07, 6.45) is 2.34. The van der Waals surface area contributed by atoms with E-state index in [1.54, 1.807) is 0 Å². The Kier molecular flexibility index (Phi) is 3.78. The molecule has 5 heteroatoms. The van der Waals surface area contributed by atoms with E-state index in [1.807, 2.05) is 23.1 Å². The summed E-state index contributed by atoms with van der Waals surface area (Å²) in [6, 6.07) is 5.80. The number of aryl methyl sites for hydroxylation is 1. The summed E-state index contributed by atoms with van der Waals surface area (Å²) in [4.78, 5) is 13.9. The van der Waals surface area contributed by atoms with Crippen molar-refractivity contribution in [1.82, 2.24) is 4.90 Å². The Hall–Kier alpha value is -1.75. The van der Waals surface area contributed by atoms with Gasteiger partial charge in [-0.3, -0.25) is 4.79 Å². The molecule has 20 heavy (non-hydrogen) atoms. The fourth-order valence-electron chi connectivity index (χ4n) is 2.62. The average Bonchev–Trinajstić information content (AvgIpc) is 2.93. The lowest BCUT2D eigenvalue weighted by molar-refractivity contribution is -0.133. The number of aliphatic hydroxyl groups is 1. The van der Waals surface area contributed by atoms with Gasteiger partial charge in [0, 0.05) is 19.5 Å². The maximum atomic E-state index is 12.1. The molecule has 1 aromatic carbocycles. The molecule has 1 N–H and O–H groups in total. The van der Waals surface area contributed by atoms with Crippen LogP contribution in [0.2, 0.25) is 0 Å². The second kappa shape index (κ2) is 5.71. The van der Waals surface area contributed by atoms with E-state index in [9.17, 15) is 9.90 Å². The first-order chi connectivity index (χ1) is 9.72. The van der Waals surface area contributed by atoms with Gasteiger partial charge in [-0.25, -0.2) is 0 Å². The van der Waals surface area contributed by atoms with Gasteiger partial charge in [-0.05, 0) is 37.0 Å². The fraction of sp³-hybridized carbons (Fsp3) is 0.533. The molecule has 108 valence electrons. The minimum atomic E-state index is -0.243. The van der Waals surface area contributed by atoms with Crippen LogP contribution in [0.5, 0.6) is 11.5 Å². The number of nitrogens with zero attached hydrogens (tertiary/aromatic N) is 1. The summed E-state index contributed by atoms with van der Waals surface area (Å²) in [5, 5.41) is 9.44. The predicted molar refractivity (Wildman–Crippen MR) is 72.7 cm³/mol. The number of carbonyl (C=O) groups is 1. The topological polar surface area (TPSA) is 59.0 Å². The molecule has 0 saturated carbocycles. The molecule has 0 aliphatic carbocycles. The molecule has 1 fully saturated rings. The first-order valence-corrected chi connectivity index (χ1v) is 7.07. The summed E-state index contributed by atoms with van der Waals surface area (Å²) in [5.74, 6) is 1.69. The number of hydrogen-bond donors (Lipinski definition) is 1. The summed E-state index contributed by atoms with van der Waals surface area (Å²) in [6.45, 7) is 1.61. The third-order valence-electron chi connectivity index (χ3n) is 3.88. The quantitative estimate of drug-likeness (QED) is 0.905. The Labute approximate surface area is 118 Å². The average molecular weight is 277 g/mol. The minimum Gasteiger partial charge on any atom is -0.454 e. The summed E-state index contributed by atoms with van der Waals surface area (Å²) in [5.41, 5.74) is 1.08. The van der Waals surface area contributed by atoms with Gasteiger partial charge in [-0.1, -0.05) is 6.07 Å². The van der Waals surface area contributed by atoms with Gasteiger partial charge in [0.1, 0.15) is 0 Å². The molecular weight excluding hydrogens is 258 g/mol. The van der Waals surface area contributed by atoms with Crippen molar-refractivity contribution < 1.29 is 19.4 Å². The number of aliphatic hydroxyl groups excluding tert-OH is 1. The second-order valence-corrected chi connectivity index (χ2v) is 5.30. The molecule has 1 saturated heterocycles. The first kappa shape index (κ1) is 13.2. The molecule has 2 aliphatic heterocycles. The Morgan fingerprint density at radius 2 is 2.00 bits per heavy atom. The fourth-order valence-corrected chi connectivity index (χ4v) is 2.62. The van der Waals surface area contributed by atoms with Crippen molar-refractivity contribution in [3.63, 3.8) is 0 Å². The molecule has 0 bridgehead atoms. The maximum Gasteiger partial charge on any atom is 0.231 e. The highest BCUT2D eigenvalue weighted by Gasteiger charge is 2.21. The molecule has 1 aromatic rings. The molecule has 0 unspecified atom stereocenters. The van der Waals surface area contributed by atoms with E-state index in [4.69, 9.17) is 9.47 Å². The largest absolute Gasteiger partial charge is 0.454 e. The molecule has 1 amide bonds. The van der Waals surface area contributed by atoms with Crippen LogP contribution in [-0.4, -0.2) is 41.9 Å². The molecule has 0 aromatic heterocycles. The molecule has 5 nitrogen and oxygen atoms in total. The van der Waals surface area contributed by atoms with Crippen molar-refractivity contribution >= 4 is 5.91 Å². The summed E-state index contributed by atoms with van der Waals surface area (Å²) in [7, 11) is 0. The molecule has 0 radical (unpaired) electrons. The van der Waals surface area contributed by atoms with Crippen molar-refractivity contribution in [2.45, 2.75) is 31.8 Å². The van der Waals surface area contributed by atoms with Gasteiger partial charge in [0.15, 0.2) is 11.5 Å². The Balaban J connectivity index is 1.53. The van der Waals surface area contributed by atoms with Gasteiger partial charge in [0.05, 0.1) is 6.10 Å². The monoisotopic (exact) mass is 277 g/mol. The van der Waals surface area contributed by atoms with Crippen LogP contribution >= 0.6 is 0 Å². The highest BCUT2D eigenvalue weighted by atomic mass is 16.7. The first-order valence-electron chi connectivity index (χ1n) is 7.07. The van der Waals surface area contributed by atoms with Gasteiger partial charge in [-0.2, -0.15) is 0 Å². The normalized spacial score (nSPS) is 18.4. The van der Waals surface area contributed by atoms with Crippen molar-refractivity contribution in [2.75, 3.05) is 19.9 Å². The van der Waals surface area contributed by atoms with E-state index in [-0.39, 0.29) is 18.8 Å². The minimum absolute atomic E-state index is 0.162. The van der Waals surface area contributed by atoms with Crippen LogP contribution in [0, 0.1) is 0 Å². The molecular formula is C15H19NO4. The number of amides is 1. The molecule has 3 rings (SSSR count). The Morgan fingerprint density at radius 3 is 2.80 bits per heavy atom. The number of fused-ring (bicyclic) bond motifs is 1. The zero-order chi connectivity index (χ0) is 13.9. The molecule has 0 atom stereocenters. The third-order valence-corrected chi connectivity index (χ3v) is 3.88. The van der Waals surface area contributed by atoms with E-state index in [1.165, 1.54) is 0 Å². The SMILES string of the molecule is O=C(CCc1ccc2c(c1)OCO2)N1CCC(O)CC1. The molecule has 2 aliphatic rings. The van der Waals surface area contributed by atoms with Crippen molar-refractivity contribution in [3.05, 3.63) is 23.8 Å². The number of benzene rings is 1. The number of likely N-dealkylation sites (tertiary alicyclic amines) is 1. The van der Waals surface area contributed by atoms with Crippen LogP contribution in [0.15, 0.2) is 18.2 Å². The third kappa shape index (κ3) is 2.88. The van der Waals surface area contributed by atoms with Crippen LogP contribution < -0.4 is 9.47 Å². The van der Waals surface area contributed by atoms with Crippen molar-refractivity contribution in [1.29, 1.82) is 0 Å². The number of hydrogen-bond acceptors (Lipinski definition) is 4. The van der Waals surface area contributed by atoms with Crippen molar-refractivity contribution in [3.8, 4) is 11.5 Å². The summed E-state index contributed by atoms with van der Waals surface area (Å²) < 4.78 is 10.6. The van der Waals surface area contributed by atoms with E-state index in [0.29, 0.717) is 38.8 Å². The zero-order valence-electron chi connectivity index (χ0n) is 11.4. The lowest BCUT2D eigenvalue weighted by atomic mass is 10.1. The van der Waals surface area contributed by atoms with Crippen LogP contribution in [0.25, 0.3) is 0 Å².